The van der Waals surface area contributed by atoms with Crippen molar-refractivity contribution in [1.82, 2.24) is 0 Å². The summed E-state index contributed by atoms with van der Waals surface area (Å²) < 4.78 is 0. The van der Waals surface area contributed by atoms with Crippen molar-refractivity contribution in [2.75, 3.05) is 0 Å². The Labute approximate surface area is 98.4 Å². The Bertz CT molecular complexity index is 317. The second-order valence-corrected chi connectivity index (χ2v) is 7.60. The molecule has 3 unspecified atom stereocenters. The second kappa shape index (κ2) is 3.24. The van der Waals surface area contributed by atoms with Gasteiger partial charge >= 0.3 is 5.97 Å². The molecule has 3 atom stereocenters. The minimum absolute atomic E-state index is 0.186. The number of carbonyl (C=O) groups is 1. The summed E-state index contributed by atoms with van der Waals surface area (Å²) in [5, 5.41) is 9.60. The molecule has 2 saturated carbocycles. The normalized spacial score (nSPS) is 46.4. The van der Waals surface area contributed by atoms with Crippen LogP contribution in [0.1, 0.15) is 59.8 Å². The Morgan fingerprint density at radius 2 is 1.75 bits per heavy atom. The maximum atomic E-state index is 11.7. The fraction of sp³-hybridized carbons (Fsp3) is 0.929. The molecule has 0 saturated heterocycles. The zero-order valence-electron chi connectivity index (χ0n) is 11.0. The molecule has 0 amide bonds. The van der Waals surface area contributed by atoms with Gasteiger partial charge in [-0.2, -0.15) is 0 Å². The van der Waals surface area contributed by atoms with E-state index < -0.39 is 11.4 Å². The molecule has 0 aromatic carbocycles. The van der Waals surface area contributed by atoms with Crippen LogP contribution in [-0.2, 0) is 4.79 Å². The van der Waals surface area contributed by atoms with E-state index in [0.29, 0.717) is 5.92 Å². The highest BCUT2D eigenvalue weighted by Crippen LogP contribution is 2.62. The first-order valence-corrected chi connectivity index (χ1v) is 6.40. The summed E-state index contributed by atoms with van der Waals surface area (Å²) in [5.74, 6) is 0.00370. The van der Waals surface area contributed by atoms with Gasteiger partial charge in [0.2, 0.25) is 0 Å². The van der Waals surface area contributed by atoms with Crippen LogP contribution in [0.25, 0.3) is 0 Å². The van der Waals surface area contributed by atoms with Crippen LogP contribution in [0, 0.1) is 22.2 Å². The molecule has 2 fully saturated rings. The number of aliphatic carboxylic acids is 1. The van der Waals surface area contributed by atoms with Crippen LogP contribution in [-0.4, -0.2) is 11.1 Å². The van der Waals surface area contributed by atoms with Crippen molar-refractivity contribution in [2.24, 2.45) is 22.2 Å². The molecule has 0 radical (unpaired) electrons. The molecule has 0 spiro atoms. The zero-order valence-corrected chi connectivity index (χ0v) is 11.0. The molecule has 2 heteroatoms. The lowest BCUT2D eigenvalue weighted by molar-refractivity contribution is -0.167. The van der Waals surface area contributed by atoms with Crippen LogP contribution < -0.4 is 0 Å². The van der Waals surface area contributed by atoms with Gasteiger partial charge in [-0.05, 0) is 48.9 Å². The van der Waals surface area contributed by atoms with E-state index in [1.54, 1.807) is 0 Å². The Morgan fingerprint density at radius 3 is 2.31 bits per heavy atom. The van der Waals surface area contributed by atoms with E-state index >= 15 is 0 Å². The largest absolute Gasteiger partial charge is 0.481 e. The van der Waals surface area contributed by atoms with Crippen LogP contribution in [0.4, 0.5) is 0 Å². The van der Waals surface area contributed by atoms with Gasteiger partial charge in [-0.3, -0.25) is 4.79 Å². The molecular weight excluding hydrogens is 200 g/mol. The highest BCUT2D eigenvalue weighted by Gasteiger charge is 2.56. The summed E-state index contributed by atoms with van der Waals surface area (Å²) in [7, 11) is 0. The second-order valence-electron chi connectivity index (χ2n) is 7.60. The molecule has 0 aromatic heterocycles. The molecule has 2 rings (SSSR count). The summed E-state index contributed by atoms with van der Waals surface area (Å²) >= 11 is 0. The van der Waals surface area contributed by atoms with Gasteiger partial charge < -0.3 is 5.11 Å². The van der Waals surface area contributed by atoms with Crippen molar-refractivity contribution in [1.29, 1.82) is 0 Å². The predicted molar refractivity (Wildman–Crippen MR) is 64.2 cm³/mol. The van der Waals surface area contributed by atoms with E-state index in [0.717, 1.165) is 19.3 Å². The molecular formula is C14H24O2. The number of carboxylic acid groups (broad SMARTS) is 1. The highest BCUT2D eigenvalue weighted by atomic mass is 16.4. The summed E-state index contributed by atoms with van der Waals surface area (Å²) in [6.07, 6.45) is 5.00. The lowest BCUT2D eigenvalue weighted by Crippen LogP contribution is -2.51. The summed E-state index contributed by atoms with van der Waals surface area (Å²) in [5.41, 5.74) is -0.00248. The molecule has 92 valence electrons. The quantitative estimate of drug-likeness (QED) is 0.737. The van der Waals surface area contributed by atoms with Crippen LogP contribution >= 0.6 is 0 Å². The van der Waals surface area contributed by atoms with E-state index in [1.807, 2.05) is 0 Å². The minimum atomic E-state index is -0.557. The molecule has 2 aliphatic carbocycles. The minimum Gasteiger partial charge on any atom is -0.481 e. The van der Waals surface area contributed by atoms with Gasteiger partial charge in [0.05, 0.1) is 5.41 Å². The average Bonchev–Trinajstić information content (AvgIpc) is 1.95. The van der Waals surface area contributed by atoms with Gasteiger partial charge in [0.15, 0.2) is 0 Å². The van der Waals surface area contributed by atoms with E-state index in [-0.39, 0.29) is 10.8 Å². The molecule has 0 aliphatic heterocycles. The van der Waals surface area contributed by atoms with E-state index in [4.69, 9.17) is 0 Å². The maximum absolute atomic E-state index is 11.7. The van der Waals surface area contributed by atoms with Gasteiger partial charge in [0.25, 0.3) is 0 Å². The third-order valence-electron chi connectivity index (χ3n) is 4.52. The van der Waals surface area contributed by atoms with Crippen LogP contribution in [0.2, 0.25) is 0 Å². The van der Waals surface area contributed by atoms with Crippen molar-refractivity contribution >= 4 is 5.97 Å². The van der Waals surface area contributed by atoms with Gasteiger partial charge in [0.1, 0.15) is 0 Å². The summed E-state index contributed by atoms with van der Waals surface area (Å²) in [6.45, 7) is 8.98. The Kier molecular flexibility index (Phi) is 2.42. The van der Waals surface area contributed by atoms with Crippen molar-refractivity contribution in [2.45, 2.75) is 59.8 Å². The van der Waals surface area contributed by atoms with E-state index in [9.17, 15) is 9.90 Å². The third-order valence-corrected chi connectivity index (χ3v) is 4.52. The van der Waals surface area contributed by atoms with Gasteiger partial charge in [-0.1, -0.05) is 27.7 Å². The number of fused-ring (bicyclic) bond motifs is 2. The van der Waals surface area contributed by atoms with Gasteiger partial charge in [0, 0.05) is 0 Å². The van der Waals surface area contributed by atoms with Crippen LogP contribution in [0.5, 0.6) is 0 Å². The summed E-state index contributed by atoms with van der Waals surface area (Å²) in [4.78, 5) is 11.7. The summed E-state index contributed by atoms with van der Waals surface area (Å²) in [6, 6.07) is 0. The topological polar surface area (TPSA) is 37.3 Å². The van der Waals surface area contributed by atoms with Crippen molar-refractivity contribution in [3.05, 3.63) is 0 Å². The smallest absolute Gasteiger partial charge is 0.309 e. The van der Waals surface area contributed by atoms with Crippen molar-refractivity contribution in [3.63, 3.8) is 0 Å². The van der Waals surface area contributed by atoms with Crippen LogP contribution in [0.3, 0.4) is 0 Å². The molecule has 0 heterocycles. The highest BCUT2D eigenvalue weighted by molar-refractivity contribution is 5.75. The molecule has 2 bridgehead atoms. The first kappa shape index (κ1) is 11.9. The van der Waals surface area contributed by atoms with Crippen molar-refractivity contribution < 1.29 is 9.90 Å². The predicted octanol–water partition coefficient (Wildman–Crippen LogP) is 3.70. The number of rotatable bonds is 1. The van der Waals surface area contributed by atoms with Crippen LogP contribution in [0.15, 0.2) is 0 Å². The number of hydrogen-bond donors (Lipinski definition) is 1. The SMILES string of the molecule is CC1CC2(C)CC(C)(C)CC(C(=O)O)(C1)C2. The molecule has 2 nitrogen and oxygen atoms in total. The average molecular weight is 224 g/mol. The standard InChI is InChI=1S/C14H24O2/c1-10-5-13(4)7-12(2,3)8-14(6-10,9-13)11(15)16/h10H,5-9H2,1-4H3,(H,15,16). The molecule has 1 N–H and O–H groups in total. The number of carboxylic acids is 1. The Hall–Kier alpha value is -0.530. The number of hydrogen-bond acceptors (Lipinski definition) is 1. The third kappa shape index (κ3) is 1.87. The lowest BCUT2D eigenvalue weighted by atomic mass is 9.47. The van der Waals surface area contributed by atoms with Crippen molar-refractivity contribution in [3.8, 4) is 0 Å². The van der Waals surface area contributed by atoms with E-state index in [1.165, 1.54) is 12.8 Å². The lowest BCUT2D eigenvalue weighted by Gasteiger charge is -2.56. The zero-order chi connectivity index (χ0) is 12.2. The molecule has 0 aromatic rings. The first-order chi connectivity index (χ1) is 7.17. The van der Waals surface area contributed by atoms with Gasteiger partial charge in [-0.25, -0.2) is 0 Å². The van der Waals surface area contributed by atoms with Gasteiger partial charge in [-0.15, -0.1) is 0 Å². The monoisotopic (exact) mass is 224 g/mol. The fourth-order valence-corrected chi connectivity index (χ4v) is 5.18. The maximum Gasteiger partial charge on any atom is 0.309 e. The fourth-order valence-electron chi connectivity index (χ4n) is 5.18. The molecule has 16 heavy (non-hydrogen) atoms. The Morgan fingerprint density at radius 1 is 1.12 bits per heavy atom. The first-order valence-electron chi connectivity index (χ1n) is 6.40. The van der Waals surface area contributed by atoms with E-state index in [2.05, 4.69) is 27.7 Å². The molecule has 2 aliphatic rings. The Balaban J connectivity index is 2.39.